The summed E-state index contributed by atoms with van der Waals surface area (Å²) in [7, 11) is 0. The van der Waals surface area contributed by atoms with Gasteiger partial charge < -0.3 is 5.32 Å². The molecule has 1 heterocycles. The fraction of sp³-hybridized carbons (Fsp3) is 1.00. The van der Waals surface area contributed by atoms with Crippen LogP contribution in [0.5, 0.6) is 0 Å². The highest BCUT2D eigenvalue weighted by Crippen LogP contribution is 2.34. The average molecular weight is 294 g/mol. The summed E-state index contributed by atoms with van der Waals surface area (Å²) in [5.41, 5.74) is -0.00758. The zero-order chi connectivity index (χ0) is 15.6. The highest BCUT2D eigenvalue weighted by atomic mass is 19.4. The Balaban J connectivity index is 2.67. The number of likely N-dealkylation sites (tertiary alicyclic amines) is 1. The van der Waals surface area contributed by atoms with Gasteiger partial charge in [0.15, 0.2) is 0 Å². The maximum atomic E-state index is 12.9. The third-order valence-corrected chi connectivity index (χ3v) is 4.00. The molecule has 1 saturated heterocycles. The molecule has 0 aliphatic carbocycles. The Hall–Kier alpha value is -0.290. The second-order valence-corrected chi connectivity index (χ2v) is 7.32. The quantitative estimate of drug-likeness (QED) is 0.851. The predicted molar refractivity (Wildman–Crippen MR) is 76.7 cm³/mol. The third-order valence-electron chi connectivity index (χ3n) is 4.00. The van der Waals surface area contributed by atoms with E-state index < -0.39 is 12.1 Å². The van der Waals surface area contributed by atoms with Gasteiger partial charge >= 0.3 is 6.18 Å². The van der Waals surface area contributed by atoms with Crippen LogP contribution in [0.4, 0.5) is 13.2 Å². The van der Waals surface area contributed by atoms with E-state index >= 15 is 0 Å². The van der Waals surface area contributed by atoms with Gasteiger partial charge in [0.1, 0.15) is 0 Å². The summed E-state index contributed by atoms with van der Waals surface area (Å²) in [5, 5.41) is 3.43. The van der Waals surface area contributed by atoms with Crippen LogP contribution in [0.3, 0.4) is 0 Å². The lowest BCUT2D eigenvalue weighted by Gasteiger charge is -2.41. The van der Waals surface area contributed by atoms with Crippen molar-refractivity contribution in [2.24, 2.45) is 11.8 Å². The zero-order valence-electron chi connectivity index (χ0n) is 13.3. The van der Waals surface area contributed by atoms with Gasteiger partial charge in [-0.2, -0.15) is 13.2 Å². The van der Waals surface area contributed by atoms with E-state index in [1.165, 1.54) is 0 Å². The van der Waals surface area contributed by atoms with Gasteiger partial charge in [-0.05, 0) is 46.1 Å². The largest absolute Gasteiger partial charge is 0.393 e. The van der Waals surface area contributed by atoms with E-state index in [2.05, 4.69) is 39.9 Å². The molecular weight excluding hydrogens is 265 g/mol. The van der Waals surface area contributed by atoms with Gasteiger partial charge in [0, 0.05) is 24.7 Å². The number of piperidine rings is 1. The van der Waals surface area contributed by atoms with Crippen molar-refractivity contribution in [1.82, 2.24) is 10.2 Å². The Kier molecular flexibility index (Phi) is 5.90. The molecule has 5 heteroatoms. The highest BCUT2D eigenvalue weighted by molar-refractivity contribution is 4.86. The lowest BCUT2D eigenvalue weighted by molar-refractivity contribution is -0.189. The van der Waals surface area contributed by atoms with Crippen molar-refractivity contribution in [3.8, 4) is 0 Å². The Morgan fingerprint density at radius 3 is 2.25 bits per heavy atom. The summed E-state index contributed by atoms with van der Waals surface area (Å²) in [6.45, 7) is 12.1. The first kappa shape index (κ1) is 17.8. The van der Waals surface area contributed by atoms with Crippen LogP contribution < -0.4 is 5.32 Å². The van der Waals surface area contributed by atoms with Crippen molar-refractivity contribution in [1.29, 1.82) is 0 Å². The van der Waals surface area contributed by atoms with Gasteiger partial charge in [0.2, 0.25) is 0 Å². The van der Waals surface area contributed by atoms with Crippen molar-refractivity contribution in [2.75, 3.05) is 19.6 Å². The lowest BCUT2D eigenvalue weighted by atomic mass is 9.92. The number of rotatable bonds is 4. The molecule has 0 radical (unpaired) electrons. The van der Waals surface area contributed by atoms with Crippen LogP contribution in [0.15, 0.2) is 0 Å². The number of halogens is 3. The van der Waals surface area contributed by atoms with Crippen LogP contribution in [0, 0.1) is 11.8 Å². The SMILES string of the molecule is CC(C)C(CNC(C)(C)C)N1CCCC(C(F)(F)F)C1. The number of nitrogens with zero attached hydrogens (tertiary/aromatic N) is 1. The van der Waals surface area contributed by atoms with Gasteiger partial charge in [-0.25, -0.2) is 0 Å². The molecule has 0 aromatic rings. The average Bonchev–Trinajstić information content (AvgIpc) is 2.26. The third kappa shape index (κ3) is 5.60. The number of hydrogen-bond donors (Lipinski definition) is 1. The molecule has 1 aliphatic rings. The minimum atomic E-state index is -4.06. The van der Waals surface area contributed by atoms with Crippen molar-refractivity contribution in [2.45, 2.75) is 65.2 Å². The molecule has 0 saturated carbocycles. The lowest BCUT2D eigenvalue weighted by Crippen LogP contribution is -2.54. The predicted octanol–water partition coefficient (Wildman–Crippen LogP) is 3.67. The number of alkyl halides is 3. The molecule has 120 valence electrons. The molecule has 20 heavy (non-hydrogen) atoms. The topological polar surface area (TPSA) is 15.3 Å². The van der Waals surface area contributed by atoms with E-state index in [4.69, 9.17) is 0 Å². The van der Waals surface area contributed by atoms with Crippen LogP contribution >= 0.6 is 0 Å². The van der Waals surface area contributed by atoms with E-state index in [1.807, 2.05) is 4.90 Å². The molecule has 2 unspecified atom stereocenters. The van der Waals surface area contributed by atoms with Crippen LogP contribution in [0.1, 0.15) is 47.5 Å². The Morgan fingerprint density at radius 1 is 1.20 bits per heavy atom. The molecule has 0 spiro atoms. The standard InChI is InChI=1S/C15H29F3N2/c1-11(2)13(9-19-14(3,4)5)20-8-6-7-12(10-20)15(16,17)18/h11-13,19H,6-10H2,1-5H3. The summed E-state index contributed by atoms with van der Waals surface area (Å²) in [6.07, 6.45) is -3.14. The summed E-state index contributed by atoms with van der Waals surface area (Å²) in [5.74, 6) is -0.816. The molecule has 0 bridgehead atoms. The molecule has 0 amide bonds. The summed E-state index contributed by atoms with van der Waals surface area (Å²) < 4.78 is 38.7. The van der Waals surface area contributed by atoms with Crippen LogP contribution in [0.2, 0.25) is 0 Å². The van der Waals surface area contributed by atoms with E-state index in [9.17, 15) is 13.2 Å². The van der Waals surface area contributed by atoms with Crippen molar-refractivity contribution >= 4 is 0 Å². The second kappa shape index (κ2) is 6.65. The second-order valence-electron chi connectivity index (χ2n) is 7.32. The summed E-state index contributed by atoms with van der Waals surface area (Å²) in [6, 6.07) is 0.166. The molecule has 1 fully saturated rings. The minimum absolute atomic E-state index is 0.00758. The normalized spacial score (nSPS) is 24.1. The summed E-state index contributed by atoms with van der Waals surface area (Å²) >= 11 is 0. The van der Waals surface area contributed by atoms with E-state index in [1.54, 1.807) is 0 Å². The highest BCUT2D eigenvalue weighted by Gasteiger charge is 2.43. The first-order chi connectivity index (χ1) is 9.00. The molecule has 1 aliphatic heterocycles. The Bertz CT molecular complexity index is 294. The molecular formula is C15H29F3N2. The van der Waals surface area contributed by atoms with Crippen molar-refractivity contribution in [3.63, 3.8) is 0 Å². The first-order valence-electron chi connectivity index (χ1n) is 7.56. The molecule has 2 atom stereocenters. The van der Waals surface area contributed by atoms with E-state index in [-0.39, 0.29) is 24.5 Å². The van der Waals surface area contributed by atoms with Crippen LogP contribution in [-0.2, 0) is 0 Å². The van der Waals surface area contributed by atoms with Gasteiger partial charge in [-0.3, -0.25) is 4.90 Å². The molecule has 2 nitrogen and oxygen atoms in total. The smallest absolute Gasteiger partial charge is 0.311 e. The van der Waals surface area contributed by atoms with Gasteiger partial charge in [0.25, 0.3) is 0 Å². The van der Waals surface area contributed by atoms with Crippen molar-refractivity contribution < 1.29 is 13.2 Å². The van der Waals surface area contributed by atoms with Gasteiger partial charge in [-0.1, -0.05) is 13.8 Å². The van der Waals surface area contributed by atoms with Crippen LogP contribution in [0.25, 0.3) is 0 Å². The van der Waals surface area contributed by atoms with Gasteiger partial charge in [-0.15, -0.1) is 0 Å². The monoisotopic (exact) mass is 294 g/mol. The maximum absolute atomic E-state index is 12.9. The fourth-order valence-electron chi connectivity index (χ4n) is 2.77. The molecule has 1 rings (SSSR count). The summed E-state index contributed by atoms with van der Waals surface area (Å²) in [4.78, 5) is 2.03. The fourth-order valence-corrected chi connectivity index (χ4v) is 2.77. The Labute approximate surface area is 121 Å². The van der Waals surface area contributed by atoms with Crippen molar-refractivity contribution in [3.05, 3.63) is 0 Å². The van der Waals surface area contributed by atoms with Gasteiger partial charge in [0.05, 0.1) is 5.92 Å². The molecule has 1 N–H and O–H groups in total. The molecule has 0 aromatic heterocycles. The minimum Gasteiger partial charge on any atom is -0.311 e. The molecule has 0 aromatic carbocycles. The number of nitrogens with one attached hydrogen (secondary N) is 1. The first-order valence-corrected chi connectivity index (χ1v) is 7.56. The zero-order valence-corrected chi connectivity index (χ0v) is 13.3. The van der Waals surface area contributed by atoms with Crippen LogP contribution in [-0.4, -0.2) is 42.3 Å². The Morgan fingerprint density at radius 2 is 1.80 bits per heavy atom. The van der Waals surface area contributed by atoms with E-state index in [0.717, 1.165) is 13.1 Å². The maximum Gasteiger partial charge on any atom is 0.393 e. The number of hydrogen-bond acceptors (Lipinski definition) is 2. The van der Waals surface area contributed by atoms with E-state index in [0.29, 0.717) is 12.3 Å².